The molecule has 160 valence electrons. The van der Waals surface area contributed by atoms with Gasteiger partial charge in [-0.1, -0.05) is 36.4 Å². The number of halogens is 1. The molecule has 1 N–H and O–H groups in total. The molecule has 0 saturated heterocycles. The van der Waals surface area contributed by atoms with Crippen molar-refractivity contribution in [2.45, 2.75) is 18.7 Å². The van der Waals surface area contributed by atoms with Gasteiger partial charge < -0.3 is 0 Å². The highest BCUT2D eigenvalue weighted by atomic mass is 32.2. The molecule has 0 unspecified atom stereocenters. The summed E-state index contributed by atoms with van der Waals surface area (Å²) in [7, 11) is -3.99. The fourth-order valence-corrected chi connectivity index (χ4v) is 4.45. The van der Waals surface area contributed by atoms with E-state index in [1.54, 1.807) is 30.3 Å². The van der Waals surface area contributed by atoms with Crippen LogP contribution in [0.15, 0.2) is 82.8 Å². The molecule has 3 aromatic carbocycles. The van der Waals surface area contributed by atoms with Crippen molar-refractivity contribution in [1.82, 2.24) is 5.43 Å². The van der Waals surface area contributed by atoms with Crippen LogP contribution in [-0.4, -0.2) is 27.1 Å². The molecule has 0 atom stereocenters. The molecule has 0 aliphatic carbocycles. The topological polar surface area (TPSA) is 78.8 Å². The van der Waals surface area contributed by atoms with Gasteiger partial charge in [0.05, 0.1) is 16.8 Å². The van der Waals surface area contributed by atoms with E-state index in [0.29, 0.717) is 11.3 Å². The number of anilines is 1. The van der Waals surface area contributed by atoms with Gasteiger partial charge >= 0.3 is 0 Å². The maximum atomic E-state index is 13.3. The first-order valence-corrected chi connectivity index (χ1v) is 10.9. The first-order valence-electron chi connectivity index (χ1n) is 9.49. The van der Waals surface area contributed by atoms with E-state index in [4.69, 9.17) is 0 Å². The van der Waals surface area contributed by atoms with Gasteiger partial charge in [-0.2, -0.15) is 5.10 Å². The van der Waals surface area contributed by atoms with E-state index in [-0.39, 0.29) is 10.7 Å². The highest BCUT2D eigenvalue weighted by Crippen LogP contribution is 2.25. The summed E-state index contributed by atoms with van der Waals surface area (Å²) >= 11 is 0. The normalized spacial score (nSPS) is 11.5. The number of amides is 1. The smallest absolute Gasteiger partial charge is 0.264 e. The molecule has 0 saturated carbocycles. The maximum absolute atomic E-state index is 13.3. The van der Waals surface area contributed by atoms with Gasteiger partial charge in [0, 0.05) is 0 Å². The largest absolute Gasteiger partial charge is 0.271 e. The number of sulfonamides is 1. The molecule has 3 rings (SSSR count). The van der Waals surface area contributed by atoms with Crippen molar-refractivity contribution in [2.75, 3.05) is 10.8 Å². The number of hydrazone groups is 1. The second-order valence-electron chi connectivity index (χ2n) is 7.02. The molecule has 6 nitrogen and oxygen atoms in total. The van der Waals surface area contributed by atoms with Crippen LogP contribution in [0.3, 0.4) is 0 Å². The molecule has 0 fully saturated rings. The average Bonchev–Trinajstić information content (AvgIpc) is 2.73. The fourth-order valence-electron chi connectivity index (χ4n) is 3.02. The number of hydrogen-bond acceptors (Lipinski definition) is 4. The second kappa shape index (κ2) is 9.53. The van der Waals surface area contributed by atoms with E-state index in [9.17, 15) is 17.6 Å². The lowest BCUT2D eigenvalue weighted by molar-refractivity contribution is -0.119. The molecule has 0 radical (unpaired) electrons. The van der Waals surface area contributed by atoms with E-state index >= 15 is 0 Å². The van der Waals surface area contributed by atoms with Crippen molar-refractivity contribution < 1.29 is 17.6 Å². The number of carbonyl (C=O) groups excluding carboxylic acids is 1. The Morgan fingerprint density at radius 1 is 1.00 bits per heavy atom. The Balaban J connectivity index is 1.86. The fraction of sp³-hybridized carbons (Fsp3) is 0.130. The second-order valence-corrected chi connectivity index (χ2v) is 8.88. The van der Waals surface area contributed by atoms with Crippen LogP contribution in [0.25, 0.3) is 0 Å². The molecule has 0 spiro atoms. The molecule has 1 amide bonds. The third-order valence-corrected chi connectivity index (χ3v) is 6.17. The molecule has 0 aromatic heterocycles. The Kier molecular flexibility index (Phi) is 6.81. The monoisotopic (exact) mass is 439 g/mol. The van der Waals surface area contributed by atoms with Gasteiger partial charge in [0.25, 0.3) is 15.9 Å². The summed E-state index contributed by atoms with van der Waals surface area (Å²) in [5, 5.41) is 3.84. The lowest BCUT2D eigenvalue weighted by Crippen LogP contribution is -2.39. The number of aryl methyl sites for hydroxylation is 2. The number of carbonyl (C=O) groups is 1. The summed E-state index contributed by atoms with van der Waals surface area (Å²) in [6.45, 7) is 3.26. The Hall–Kier alpha value is -3.52. The Morgan fingerprint density at radius 3 is 2.23 bits per heavy atom. The van der Waals surface area contributed by atoms with Crippen LogP contribution in [0.1, 0.15) is 16.7 Å². The zero-order chi connectivity index (χ0) is 22.4. The van der Waals surface area contributed by atoms with E-state index in [0.717, 1.165) is 15.4 Å². The Labute approximate surface area is 181 Å². The lowest BCUT2D eigenvalue weighted by atomic mass is 10.1. The summed E-state index contributed by atoms with van der Waals surface area (Å²) in [6.07, 6.45) is 1.35. The summed E-state index contributed by atoms with van der Waals surface area (Å²) in [5.41, 5.74) is 5.05. The Morgan fingerprint density at radius 2 is 1.61 bits per heavy atom. The third kappa shape index (κ3) is 5.76. The van der Waals surface area contributed by atoms with Gasteiger partial charge in [0.1, 0.15) is 12.4 Å². The van der Waals surface area contributed by atoms with Crippen LogP contribution in [0.4, 0.5) is 10.1 Å². The highest BCUT2D eigenvalue weighted by molar-refractivity contribution is 7.92. The minimum absolute atomic E-state index is 0.0803. The van der Waals surface area contributed by atoms with Gasteiger partial charge in [-0.05, 0) is 66.9 Å². The predicted octanol–water partition coefficient (Wildman–Crippen LogP) is 3.79. The summed E-state index contributed by atoms with van der Waals surface area (Å²) in [4.78, 5) is 12.6. The molecular weight excluding hydrogens is 417 g/mol. The minimum Gasteiger partial charge on any atom is -0.271 e. The van der Waals surface area contributed by atoms with Crippen molar-refractivity contribution in [3.63, 3.8) is 0 Å². The van der Waals surface area contributed by atoms with Crippen molar-refractivity contribution in [2.24, 2.45) is 5.10 Å². The van der Waals surface area contributed by atoms with Gasteiger partial charge in [-0.15, -0.1) is 0 Å². The summed E-state index contributed by atoms with van der Waals surface area (Å²) < 4.78 is 40.6. The summed E-state index contributed by atoms with van der Waals surface area (Å²) in [5.74, 6) is -0.992. The van der Waals surface area contributed by atoms with Gasteiger partial charge in [0.2, 0.25) is 0 Å². The molecule has 0 bridgehead atoms. The summed E-state index contributed by atoms with van der Waals surface area (Å²) in [6, 6.07) is 18.8. The van der Waals surface area contributed by atoms with E-state index in [2.05, 4.69) is 10.5 Å². The number of nitrogens with one attached hydrogen (secondary N) is 1. The predicted molar refractivity (Wildman–Crippen MR) is 119 cm³/mol. The van der Waals surface area contributed by atoms with Crippen molar-refractivity contribution in [3.8, 4) is 0 Å². The van der Waals surface area contributed by atoms with Gasteiger partial charge in [-0.3, -0.25) is 9.10 Å². The van der Waals surface area contributed by atoms with Gasteiger partial charge in [-0.25, -0.2) is 18.2 Å². The quantitative estimate of drug-likeness (QED) is 0.449. The first kappa shape index (κ1) is 22.2. The molecular formula is C23H22FN3O3S. The molecule has 31 heavy (non-hydrogen) atoms. The van der Waals surface area contributed by atoms with Gasteiger partial charge in [0.15, 0.2) is 0 Å². The van der Waals surface area contributed by atoms with Crippen molar-refractivity contribution in [1.29, 1.82) is 0 Å². The van der Waals surface area contributed by atoms with Crippen LogP contribution in [0.5, 0.6) is 0 Å². The molecule has 0 aliphatic heterocycles. The van der Waals surface area contributed by atoms with E-state index in [1.165, 1.54) is 42.6 Å². The molecule has 3 aromatic rings. The van der Waals surface area contributed by atoms with E-state index in [1.807, 2.05) is 19.9 Å². The number of nitrogens with zero attached hydrogens (tertiary/aromatic N) is 2. The lowest BCUT2D eigenvalue weighted by Gasteiger charge is -2.24. The number of hydrogen-bond donors (Lipinski definition) is 1. The third-order valence-electron chi connectivity index (χ3n) is 4.39. The maximum Gasteiger partial charge on any atom is 0.264 e. The first-order chi connectivity index (χ1) is 14.8. The van der Waals surface area contributed by atoms with Crippen LogP contribution in [0.2, 0.25) is 0 Å². The number of benzene rings is 3. The van der Waals surface area contributed by atoms with Crippen LogP contribution < -0.4 is 9.73 Å². The molecule has 8 heteroatoms. The van der Waals surface area contributed by atoms with E-state index < -0.39 is 22.5 Å². The number of rotatable bonds is 7. The SMILES string of the molecule is Cc1cc(C)cc(N(CC(=O)N/N=C\c2ccc(F)cc2)S(=O)(=O)c2ccccc2)c1. The van der Waals surface area contributed by atoms with Crippen molar-refractivity contribution in [3.05, 3.63) is 95.3 Å². The minimum atomic E-state index is -3.99. The van der Waals surface area contributed by atoms with Crippen molar-refractivity contribution >= 4 is 27.8 Å². The Bertz CT molecular complexity index is 1170. The zero-order valence-electron chi connectivity index (χ0n) is 17.1. The average molecular weight is 440 g/mol. The van der Waals surface area contributed by atoms with Crippen LogP contribution >= 0.6 is 0 Å². The standard InChI is InChI=1S/C23H22FN3O3S/c1-17-12-18(2)14-21(13-17)27(31(29,30)22-6-4-3-5-7-22)16-23(28)26-25-15-19-8-10-20(24)11-9-19/h3-15H,16H2,1-2H3,(H,26,28)/b25-15-. The zero-order valence-corrected chi connectivity index (χ0v) is 17.9. The highest BCUT2D eigenvalue weighted by Gasteiger charge is 2.27. The van der Waals surface area contributed by atoms with Crippen LogP contribution in [0, 0.1) is 19.7 Å². The van der Waals surface area contributed by atoms with Crippen LogP contribution in [-0.2, 0) is 14.8 Å². The molecule has 0 aliphatic rings. The molecule has 0 heterocycles.